The van der Waals surface area contributed by atoms with Crippen LogP contribution in [0.25, 0.3) is 0 Å². The molecular formula is C29H32F6N2O3. The fourth-order valence-corrected chi connectivity index (χ4v) is 6.29. The largest absolute Gasteiger partial charge is 0.416 e. The fourth-order valence-electron chi connectivity index (χ4n) is 6.29. The van der Waals surface area contributed by atoms with Gasteiger partial charge in [0.2, 0.25) is 5.91 Å². The van der Waals surface area contributed by atoms with E-state index in [0.29, 0.717) is 31.8 Å². The zero-order valence-corrected chi connectivity index (χ0v) is 22.2. The van der Waals surface area contributed by atoms with E-state index in [2.05, 4.69) is 5.32 Å². The quantitative estimate of drug-likeness (QED) is 0.432. The molecule has 3 fully saturated rings. The second kappa shape index (κ2) is 11.0. The van der Waals surface area contributed by atoms with Gasteiger partial charge in [-0.3, -0.25) is 4.79 Å². The van der Waals surface area contributed by atoms with Crippen LogP contribution in [-0.2, 0) is 26.6 Å². The number of halogens is 6. The van der Waals surface area contributed by atoms with Crippen LogP contribution in [0.4, 0.5) is 26.3 Å². The van der Waals surface area contributed by atoms with Gasteiger partial charge in [0.15, 0.2) is 0 Å². The fraction of sp³-hybridized carbons (Fsp3) is 0.552. The molecule has 3 heterocycles. The van der Waals surface area contributed by atoms with Crippen LogP contribution in [0.5, 0.6) is 0 Å². The molecule has 40 heavy (non-hydrogen) atoms. The first-order valence-electron chi connectivity index (χ1n) is 13.5. The lowest BCUT2D eigenvalue weighted by Gasteiger charge is -2.29. The summed E-state index contributed by atoms with van der Waals surface area (Å²) < 4.78 is 92.5. The number of rotatable bonds is 6. The molecule has 11 heteroatoms. The normalized spacial score (nSPS) is 26.8. The van der Waals surface area contributed by atoms with Crippen molar-refractivity contribution in [2.24, 2.45) is 0 Å². The summed E-state index contributed by atoms with van der Waals surface area (Å²) in [6.07, 6.45) is -9.43. The molecule has 1 N–H and O–H groups in total. The number of amides is 1. The second-order valence-corrected chi connectivity index (χ2v) is 10.9. The van der Waals surface area contributed by atoms with Crippen molar-refractivity contribution in [2.75, 3.05) is 19.8 Å². The number of nitrogens with zero attached hydrogens (tertiary/aromatic N) is 1. The molecule has 218 valence electrons. The molecule has 5 rings (SSSR count). The number of carbonyl (C=O) groups is 1. The SMILES string of the molecule is Cc1ccccc1[C@H]1C2CC(NC3CCOCC3)C(=O)N2C[C@@H]1O[C@H](C)c1cc(C(F)(F)F)cc(C(F)(F)F)c1. The third kappa shape index (κ3) is 5.87. The maximum absolute atomic E-state index is 13.5. The number of aryl methyl sites for hydroxylation is 1. The summed E-state index contributed by atoms with van der Waals surface area (Å²) in [6, 6.07) is 8.78. The van der Waals surface area contributed by atoms with Gasteiger partial charge in [0.05, 0.1) is 29.4 Å². The average Bonchev–Trinajstić information content (AvgIpc) is 3.39. The van der Waals surface area contributed by atoms with Gasteiger partial charge in [-0.2, -0.15) is 26.3 Å². The van der Waals surface area contributed by atoms with Crippen LogP contribution >= 0.6 is 0 Å². The van der Waals surface area contributed by atoms with Gasteiger partial charge in [0.1, 0.15) is 0 Å². The summed E-state index contributed by atoms with van der Waals surface area (Å²) in [6.45, 7) is 4.86. The highest BCUT2D eigenvalue weighted by atomic mass is 19.4. The molecule has 0 aliphatic carbocycles. The Morgan fingerprint density at radius 1 is 1.00 bits per heavy atom. The summed E-state index contributed by atoms with van der Waals surface area (Å²) in [5, 5.41) is 3.48. The molecule has 3 saturated heterocycles. The van der Waals surface area contributed by atoms with Crippen molar-refractivity contribution in [3.05, 3.63) is 70.3 Å². The van der Waals surface area contributed by atoms with Crippen LogP contribution < -0.4 is 5.32 Å². The summed E-state index contributed by atoms with van der Waals surface area (Å²) in [5.74, 6) is -0.353. The van der Waals surface area contributed by atoms with E-state index in [1.54, 1.807) is 4.90 Å². The molecule has 2 aromatic carbocycles. The summed E-state index contributed by atoms with van der Waals surface area (Å²) in [7, 11) is 0. The van der Waals surface area contributed by atoms with Gasteiger partial charge in [-0.15, -0.1) is 0 Å². The molecule has 0 saturated carbocycles. The van der Waals surface area contributed by atoms with Crippen molar-refractivity contribution in [2.45, 2.75) is 81.7 Å². The molecule has 3 aliphatic rings. The number of ether oxygens (including phenoxy) is 2. The zero-order chi connectivity index (χ0) is 28.8. The Morgan fingerprint density at radius 2 is 1.62 bits per heavy atom. The number of benzene rings is 2. The van der Waals surface area contributed by atoms with Gasteiger partial charge in [-0.1, -0.05) is 24.3 Å². The lowest BCUT2D eigenvalue weighted by Crippen LogP contribution is -2.46. The first-order chi connectivity index (χ1) is 18.8. The highest BCUT2D eigenvalue weighted by molar-refractivity contribution is 5.85. The van der Waals surface area contributed by atoms with E-state index in [0.717, 1.165) is 24.0 Å². The molecule has 2 unspecified atom stereocenters. The Morgan fingerprint density at radius 3 is 2.23 bits per heavy atom. The lowest BCUT2D eigenvalue weighted by atomic mass is 9.85. The molecule has 0 bridgehead atoms. The highest BCUT2D eigenvalue weighted by Crippen LogP contribution is 2.45. The Hall–Kier alpha value is -2.63. The van der Waals surface area contributed by atoms with E-state index < -0.39 is 35.7 Å². The molecule has 0 aromatic heterocycles. The van der Waals surface area contributed by atoms with E-state index in [1.165, 1.54) is 6.92 Å². The first kappa shape index (κ1) is 28.9. The van der Waals surface area contributed by atoms with E-state index >= 15 is 0 Å². The van der Waals surface area contributed by atoms with E-state index in [4.69, 9.17) is 9.47 Å². The highest BCUT2D eigenvalue weighted by Gasteiger charge is 2.53. The Labute approximate surface area is 228 Å². The minimum atomic E-state index is -4.95. The number of alkyl halides is 6. The predicted molar refractivity (Wildman–Crippen MR) is 135 cm³/mol. The van der Waals surface area contributed by atoms with Crippen molar-refractivity contribution >= 4 is 5.91 Å². The first-order valence-corrected chi connectivity index (χ1v) is 13.5. The molecule has 3 aliphatic heterocycles. The second-order valence-electron chi connectivity index (χ2n) is 10.9. The molecule has 1 amide bonds. The third-order valence-electron chi connectivity index (χ3n) is 8.31. The van der Waals surface area contributed by atoms with Gasteiger partial charge in [-0.05, 0) is 68.0 Å². The molecule has 5 nitrogen and oxygen atoms in total. The average molecular weight is 571 g/mol. The standard InChI is InChI=1S/C29H32F6N2O3/c1-16-5-3-4-6-22(16)26-24-14-23(36-21-7-9-39-10-8-21)27(38)37(24)15-25(26)40-17(2)18-11-19(28(30,31)32)13-20(12-18)29(33,34)35/h3-6,11-13,17,21,23-26,36H,7-10,14-15H2,1-2H3/t17-,23?,24?,25+,26+/m1/s1. The number of carbonyl (C=O) groups excluding carboxylic acids is 1. The van der Waals surface area contributed by atoms with Crippen LogP contribution in [0, 0.1) is 6.92 Å². The topological polar surface area (TPSA) is 50.8 Å². The Kier molecular flexibility index (Phi) is 7.93. The van der Waals surface area contributed by atoms with Gasteiger partial charge in [0, 0.05) is 37.8 Å². The van der Waals surface area contributed by atoms with Crippen LogP contribution in [0.2, 0.25) is 0 Å². The van der Waals surface area contributed by atoms with Crippen molar-refractivity contribution in [1.82, 2.24) is 10.2 Å². The molecule has 2 aromatic rings. The molecule has 5 atom stereocenters. The van der Waals surface area contributed by atoms with Gasteiger partial charge < -0.3 is 19.7 Å². The van der Waals surface area contributed by atoms with Gasteiger partial charge in [-0.25, -0.2) is 0 Å². The van der Waals surface area contributed by atoms with Crippen LogP contribution in [0.1, 0.15) is 66.0 Å². The molecular weight excluding hydrogens is 538 g/mol. The van der Waals surface area contributed by atoms with Gasteiger partial charge in [0.25, 0.3) is 0 Å². The van der Waals surface area contributed by atoms with Crippen molar-refractivity contribution in [1.29, 1.82) is 0 Å². The van der Waals surface area contributed by atoms with Crippen LogP contribution in [0.15, 0.2) is 42.5 Å². The molecule has 0 radical (unpaired) electrons. The zero-order valence-electron chi connectivity index (χ0n) is 22.2. The third-order valence-corrected chi connectivity index (χ3v) is 8.31. The maximum Gasteiger partial charge on any atom is 0.416 e. The monoisotopic (exact) mass is 570 g/mol. The summed E-state index contributed by atoms with van der Waals surface area (Å²) in [5.41, 5.74) is -1.06. The lowest BCUT2D eigenvalue weighted by molar-refractivity contribution is -0.143. The van der Waals surface area contributed by atoms with E-state index in [9.17, 15) is 31.1 Å². The summed E-state index contributed by atoms with van der Waals surface area (Å²) in [4.78, 5) is 15.2. The van der Waals surface area contributed by atoms with E-state index in [1.807, 2.05) is 31.2 Å². The Balaban J connectivity index is 1.42. The van der Waals surface area contributed by atoms with Crippen molar-refractivity contribution in [3.8, 4) is 0 Å². The number of hydrogen-bond acceptors (Lipinski definition) is 4. The number of nitrogens with one attached hydrogen (secondary N) is 1. The van der Waals surface area contributed by atoms with Crippen molar-refractivity contribution < 1.29 is 40.6 Å². The minimum absolute atomic E-state index is 0.0627. The Bertz CT molecular complexity index is 1190. The minimum Gasteiger partial charge on any atom is -0.381 e. The van der Waals surface area contributed by atoms with Crippen LogP contribution in [-0.4, -0.2) is 54.8 Å². The smallest absolute Gasteiger partial charge is 0.381 e. The number of fused-ring (bicyclic) bond motifs is 1. The molecule has 0 spiro atoms. The van der Waals surface area contributed by atoms with E-state index in [-0.39, 0.29) is 48.1 Å². The van der Waals surface area contributed by atoms with Crippen LogP contribution in [0.3, 0.4) is 0 Å². The van der Waals surface area contributed by atoms with Crippen molar-refractivity contribution in [3.63, 3.8) is 0 Å². The summed E-state index contributed by atoms with van der Waals surface area (Å²) >= 11 is 0. The van der Waals surface area contributed by atoms with Gasteiger partial charge >= 0.3 is 12.4 Å². The maximum atomic E-state index is 13.5. The predicted octanol–water partition coefficient (Wildman–Crippen LogP) is 6.01. The number of hydrogen-bond donors (Lipinski definition) is 1.